The van der Waals surface area contributed by atoms with Crippen molar-refractivity contribution in [2.75, 3.05) is 26.7 Å². The predicted molar refractivity (Wildman–Crippen MR) is 68.9 cm³/mol. The van der Waals surface area contributed by atoms with Crippen LogP contribution in [0.25, 0.3) is 0 Å². The molecular weight excluding hydrogens is 214 g/mol. The Morgan fingerprint density at radius 2 is 1.76 bits per heavy atom. The highest BCUT2D eigenvalue weighted by atomic mass is 16.2. The second-order valence-electron chi connectivity index (χ2n) is 5.51. The summed E-state index contributed by atoms with van der Waals surface area (Å²) in [5.41, 5.74) is 0. The molecule has 17 heavy (non-hydrogen) atoms. The first-order chi connectivity index (χ1) is 8.24. The number of piperidine rings is 1. The Balaban J connectivity index is 1.60. The molecule has 2 aliphatic rings. The number of likely N-dealkylation sites (tertiary alicyclic amines) is 1. The number of amides is 1. The molecular formula is C13H25N3O. The maximum Gasteiger partial charge on any atom is 0.234 e. The van der Waals surface area contributed by atoms with Crippen LogP contribution in [0.4, 0.5) is 0 Å². The minimum atomic E-state index is 0.173. The van der Waals surface area contributed by atoms with Gasteiger partial charge in [0.15, 0.2) is 0 Å². The molecule has 0 bridgehead atoms. The lowest BCUT2D eigenvalue weighted by Crippen LogP contribution is -2.46. The van der Waals surface area contributed by atoms with Gasteiger partial charge in [0, 0.05) is 12.1 Å². The summed E-state index contributed by atoms with van der Waals surface area (Å²) in [6, 6.07) is 0.974. The molecule has 2 rings (SSSR count). The molecule has 1 aliphatic heterocycles. The van der Waals surface area contributed by atoms with Gasteiger partial charge in [-0.2, -0.15) is 0 Å². The van der Waals surface area contributed by atoms with Gasteiger partial charge in [0.05, 0.1) is 6.54 Å². The SMILES string of the molecule is CN1CCC(NC(=O)CNC2CCCC2)CC1. The van der Waals surface area contributed by atoms with E-state index in [1.807, 2.05) is 0 Å². The van der Waals surface area contributed by atoms with Gasteiger partial charge in [0.1, 0.15) is 0 Å². The molecule has 4 nitrogen and oxygen atoms in total. The van der Waals surface area contributed by atoms with Crippen LogP contribution in [0.5, 0.6) is 0 Å². The van der Waals surface area contributed by atoms with Crippen molar-refractivity contribution in [2.45, 2.75) is 50.6 Å². The van der Waals surface area contributed by atoms with Gasteiger partial charge in [-0.15, -0.1) is 0 Å². The lowest BCUT2D eigenvalue weighted by atomic mass is 10.1. The van der Waals surface area contributed by atoms with Crippen LogP contribution in [0, 0.1) is 0 Å². The van der Waals surface area contributed by atoms with Crippen molar-refractivity contribution in [3.63, 3.8) is 0 Å². The minimum Gasteiger partial charge on any atom is -0.352 e. The number of nitrogens with one attached hydrogen (secondary N) is 2. The lowest BCUT2D eigenvalue weighted by Gasteiger charge is -2.29. The molecule has 0 aromatic heterocycles. The van der Waals surface area contributed by atoms with Crippen LogP contribution in [0.3, 0.4) is 0 Å². The average molecular weight is 239 g/mol. The largest absolute Gasteiger partial charge is 0.352 e. The van der Waals surface area contributed by atoms with Gasteiger partial charge in [-0.05, 0) is 45.8 Å². The van der Waals surface area contributed by atoms with Crippen LogP contribution in [-0.4, -0.2) is 49.6 Å². The fraction of sp³-hybridized carbons (Fsp3) is 0.923. The standard InChI is InChI=1S/C13H25N3O/c1-16-8-6-12(7-9-16)15-13(17)10-14-11-4-2-3-5-11/h11-12,14H,2-10H2,1H3,(H,15,17). The third-order valence-corrected chi connectivity index (χ3v) is 3.99. The monoisotopic (exact) mass is 239 g/mol. The Bertz CT molecular complexity index is 243. The van der Waals surface area contributed by atoms with Crippen LogP contribution in [0.2, 0.25) is 0 Å². The number of carbonyl (C=O) groups is 1. The Morgan fingerprint density at radius 3 is 2.41 bits per heavy atom. The second-order valence-corrected chi connectivity index (χ2v) is 5.51. The van der Waals surface area contributed by atoms with E-state index in [0.29, 0.717) is 18.6 Å². The zero-order valence-electron chi connectivity index (χ0n) is 10.9. The molecule has 98 valence electrons. The Labute approximate surface area is 104 Å². The van der Waals surface area contributed by atoms with E-state index in [-0.39, 0.29) is 5.91 Å². The van der Waals surface area contributed by atoms with E-state index in [1.54, 1.807) is 0 Å². The Kier molecular flexibility index (Phi) is 4.80. The summed E-state index contributed by atoms with van der Waals surface area (Å²) in [5, 5.41) is 6.49. The zero-order chi connectivity index (χ0) is 12.1. The van der Waals surface area contributed by atoms with Gasteiger partial charge in [0.25, 0.3) is 0 Å². The van der Waals surface area contributed by atoms with Crippen LogP contribution in [-0.2, 0) is 4.79 Å². The summed E-state index contributed by atoms with van der Waals surface area (Å²) in [6.45, 7) is 2.69. The highest BCUT2D eigenvalue weighted by Gasteiger charge is 2.19. The third kappa shape index (κ3) is 4.28. The average Bonchev–Trinajstić information content (AvgIpc) is 2.83. The number of hydrogen-bond donors (Lipinski definition) is 2. The molecule has 2 N–H and O–H groups in total. The predicted octanol–water partition coefficient (Wildman–Crippen LogP) is 0.729. The van der Waals surface area contributed by atoms with E-state index in [0.717, 1.165) is 25.9 Å². The van der Waals surface area contributed by atoms with Crippen LogP contribution in [0.1, 0.15) is 38.5 Å². The van der Waals surface area contributed by atoms with E-state index >= 15 is 0 Å². The first-order valence-corrected chi connectivity index (χ1v) is 6.95. The van der Waals surface area contributed by atoms with E-state index < -0.39 is 0 Å². The van der Waals surface area contributed by atoms with Crippen LogP contribution in [0.15, 0.2) is 0 Å². The molecule has 0 atom stereocenters. The first-order valence-electron chi connectivity index (χ1n) is 6.95. The molecule has 0 aromatic carbocycles. The number of carbonyl (C=O) groups excluding carboxylic acids is 1. The van der Waals surface area contributed by atoms with E-state index in [2.05, 4.69) is 22.6 Å². The third-order valence-electron chi connectivity index (χ3n) is 3.99. The quantitative estimate of drug-likeness (QED) is 0.760. The fourth-order valence-corrected chi connectivity index (χ4v) is 2.80. The number of rotatable bonds is 4. The molecule has 1 aliphatic carbocycles. The van der Waals surface area contributed by atoms with Crippen molar-refractivity contribution < 1.29 is 4.79 Å². The summed E-state index contributed by atoms with van der Waals surface area (Å²) >= 11 is 0. The van der Waals surface area contributed by atoms with E-state index in [9.17, 15) is 4.79 Å². The fourth-order valence-electron chi connectivity index (χ4n) is 2.80. The molecule has 0 unspecified atom stereocenters. The van der Waals surface area contributed by atoms with Crippen molar-refractivity contribution >= 4 is 5.91 Å². The minimum absolute atomic E-state index is 0.173. The summed E-state index contributed by atoms with van der Waals surface area (Å²) < 4.78 is 0. The zero-order valence-corrected chi connectivity index (χ0v) is 10.9. The van der Waals surface area contributed by atoms with Gasteiger partial charge in [-0.25, -0.2) is 0 Å². The van der Waals surface area contributed by atoms with Gasteiger partial charge >= 0.3 is 0 Å². The summed E-state index contributed by atoms with van der Waals surface area (Å²) in [6.07, 6.45) is 7.28. The van der Waals surface area contributed by atoms with Crippen molar-refractivity contribution in [1.29, 1.82) is 0 Å². The molecule has 0 aromatic rings. The molecule has 1 saturated heterocycles. The van der Waals surface area contributed by atoms with Crippen molar-refractivity contribution in [1.82, 2.24) is 15.5 Å². The van der Waals surface area contributed by atoms with E-state index in [4.69, 9.17) is 0 Å². The Morgan fingerprint density at radius 1 is 1.12 bits per heavy atom. The topological polar surface area (TPSA) is 44.4 Å². The summed E-state index contributed by atoms with van der Waals surface area (Å²) in [4.78, 5) is 14.1. The second kappa shape index (κ2) is 6.36. The van der Waals surface area contributed by atoms with Gasteiger partial charge in [0.2, 0.25) is 5.91 Å². The maximum absolute atomic E-state index is 11.8. The van der Waals surface area contributed by atoms with Crippen molar-refractivity contribution in [3.05, 3.63) is 0 Å². The molecule has 0 radical (unpaired) electrons. The highest BCUT2D eigenvalue weighted by molar-refractivity contribution is 5.78. The van der Waals surface area contributed by atoms with Crippen LogP contribution < -0.4 is 10.6 Å². The smallest absolute Gasteiger partial charge is 0.234 e. The van der Waals surface area contributed by atoms with Gasteiger partial charge in [-0.3, -0.25) is 4.79 Å². The molecule has 2 fully saturated rings. The van der Waals surface area contributed by atoms with Gasteiger partial charge < -0.3 is 15.5 Å². The highest BCUT2D eigenvalue weighted by Crippen LogP contribution is 2.17. The van der Waals surface area contributed by atoms with Gasteiger partial charge in [-0.1, -0.05) is 12.8 Å². The summed E-state index contributed by atoms with van der Waals surface area (Å²) in [5.74, 6) is 0.173. The molecule has 1 saturated carbocycles. The molecule has 0 spiro atoms. The number of nitrogens with zero attached hydrogens (tertiary/aromatic N) is 1. The maximum atomic E-state index is 11.8. The van der Waals surface area contributed by atoms with Crippen LogP contribution >= 0.6 is 0 Å². The van der Waals surface area contributed by atoms with Crippen molar-refractivity contribution in [2.24, 2.45) is 0 Å². The lowest BCUT2D eigenvalue weighted by molar-refractivity contribution is -0.121. The molecule has 4 heteroatoms. The molecule has 1 heterocycles. The molecule has 1 amide bonds. The Hall–Kier alpha value is -0.610. The normalized spacial score (nSPS) is 24.1. The van der Waals surface area contributed by atoms with E-state index in [1.165, 1.54) is 25.7 Å². The summed E-state index contributed by atoms with van der Waals surface area (Å²) in [7, 11) is 2.14. The van der Waals surface area contributed by atoms with Crippen molar-refractivity contribution in [3.8, 4) is 0 Å². The number of hydrogen-bond acceptors (Lipinski definition) is 3. The first kappa shape index (κ1) is 12.8.